The summed E-state index contributed by atoms with van der Waals surface area (Å²) in [5.74, 6) is 0. The number of halogens is 9. The van der Waals surface area contributed by atoms with Crippen LogP contribution in [0.15, 0.2) is 24.5 Å². The summed E-state index contributed by atoms with van der Waals surface area (Å²) in [7, 11) is 0. The van der Waals surface area contributed by atoms with Crippen molar-refractivity contribution in [2.45, 2.75) is 24.9 Å². The molecule has 0 unspecified atom stereocenters. The first-order chi connectivity index (χ1) is 10.8. The molecule has 0 aliphatic heterocycles. The van der Waals surface area contributed by atoms with Gasteiger partial charge in [-0.05, 0) is 24.6 Å². The van der Waals surface area contributed by atoms with Gasteiger partial charge in [0.05, 0.1) is 16.2 Å². The van der Waals surface area contributed by atoms with E-state index in [0.717, 1.165) is 4.68 Å². The summed E-state index contributed by atoms with van der Waals surface area (Å²) in [5, 5.41) is 2.58. The summed E-state index contributed by atoms with van der Waals surface area (Å²) in [6.45, 7) is 1.64. The van der Waals surface area contributed by atoms with Gasteiger partial charge in [-0.2, -0.15) is 31.4 Å². The number of nitrogens with zero attached hydrogens (tertiary/aromatic N) is 2. The van der Waals surface area contributed by atoms with Gasteiger partial charge in [-0.25, -0.2) is 9.07 Å². The van der Waals surface area contributed by atoms with E-state index in [1.807, 2.05) is 0 Å². The highest BCUT2D eigenvalue weighted by Crippen LogP contribution is 2.54. The molecule has 24 heavy (non-hydrogen) atoms. The van der Waals surface area contributed by atoms with Crippen molar-refractivity contribution in [3.8, 4) is 5.69 Å². The van der Waals surface area contributed by atoms with Gasteiger partial charge in [-0.15, -0.1) is 0 Å². The summed E-state index contributed by atoms with van der Waals surface area (Å²) in [6.07, 6.45) is -9.74. The molecule has 0 aliphatic rings. The van der Waals surface area contributed by atoms with Crippen molar-refractivity contribution < 1.29 is 30.7 Å². The Kier molecular flexibility index (Phi) is 4.56. The first kappa shape index (κ1) is 18.9. The first-order valence-corrected chi connectivity index (χ1v) is 6.88. The zero-order valence-corrected chi connectivity index (χ0v) is 13.1. The molecular weight excluding hydrogens is 388 g/mol. The Hall–Kier alpha value is -1.48. The van der Waals surface area contributed by atoms with E-state index in [2.05, 4.69) is 5.10 Å². The maximum absolute atomic E-state index is 14.0. The predicted molar refractivity (Wildman–Crippen MR) is 73.2 cm³/mol. The minimum Gasteiger partial charge on any atom is -0.238 e. The molecule has 1 aromatic heterocycles. The average molecular weight is 395 g/mol. The van der Waals surface area contributed by atoms with Crippen molar-refractivity contribution in [1.29, 1.82) is 0 Å². The molecule has 11 heteroatoms. The fraction of sp³-hybridized carbons (Fsp3) is 0.308. The summed E-state index contributed by atoms with van der Waals surface area (Å²) in [5.41, 5.74) is -6.89. The van der Waals surface area contributed by atoms with Crippen molar-refractivity contribution in [1.82, 2.24) is 9.78 Å². The van der Waals surface area contributed by atoms with E-state index >= 15 is 0 Å². The second-order valence-electron chi connectivity index (χ2n) is 4.90. The Morgan fingerprint density at radius 1 is 0.917 bits per heavy atom. The Balaban J connectivity index is 2.69. The third kappa shape index (κ3) is 2.95. The minimum absolute atomic E-state index is 0.165. The number of alkyl halides is 7. The monoisotopic (exact) mass is 394 g/mol. The highest BCUT2D eigenvalue weighted by molar-refractivity contribution is 6.37. The number of benzene rings is 1. The second kappa shape index (κ2) is 5.80. The van der Waals surface area contributed by atoms with Crippen LogP contribution < -0.4 is 0 Å². The van der Waals surface area contributed by atoms with Crippen molar-refractivity contribution in [3.63, 3.8) is 0 Å². The lowest BCUT2D eigenvalue weighted by Gasteiger charge is -2.30. The summed E-state index contributed by atoms with van der Waals surface area (Å²) >= 11 is 11.5. The highest BCUT2D eigenvalue weighted by Gasteiger charge is 2.73. The topological polar surface area (TPSA) is 17.8 Å². The number of aromatic nitrogens is 2. The highest BCUT2D eigenvalue weighted by atomic mass is 35.5. The molecule has 0 amide bonds. The van der Waals surface area contributed by atoms with Gasteiger partial charge in [-0.1, -0.05) is 23.2 Å². The molecule has 0 fully saturated rings. The SMILES string of the molecule is Cc1cnn(-c2c(Cl)cc(C(F)(C(F)(F)F)C(F)(F)F)cc2Cl)c1. The fourth-order valence-electron chi connectivity index (χ4n) is 2.01. The molecule has 0 saturated heterocycles. The largest absolute Gasteiger partial charge is 0.435 e. The van der Waals surface area contributed by atoms with Crippen LogP contribution >= 0.6 is 23.2 Å². The molecule has 2 aromatic rings. The zero-order valence-electron chi connectivity index (χ0n) is 11.6. The van der Waals surface area contributed by atoms with E-state index in [1.165, 1.54) is 12.4 Å². The lowest BCUT2D eigenvalue weighted by Crippen LogP contribution is -2.50. The Morgan fingerprint density at radius 2 is 1.38 bits per heavy atom. The number of hydrogen-bond acceptors (Lipinski definition) is 1. The van der Waals surface area contributed by atoms with E-state index in [9.17, 15) is 30.7 Å². The molecule has 2 rings (SSSR count). The summed E-state index contributed by atoms with van der Waals surface area (Å²) in [4.78, 5) is 0. The van der Waals surface area contributed by atoms with Crippen LogP contribution in [0.1, 0.15) is 11.1 Å². The van der Waals surface area contributed by atoms with Crippen molar-refractivity contribution >= 4 is 23.2 Å². The lowest BCUT2D eigenvalue weighted by atomic mass is 9.94. The van der Waals surface area contributed by atoms with Gasteiger partial charge in [0, 0.05) is 11.8 Å². The molecule has 1 aromatic carbocycles. The smallest absolute Gasteiger partial charge is 0.238 e. The van der Waals surface area contributed by atoms with Crippen LogP contribution in [-0.4, -0.2) is 22.1 Å². The van der Waals surface area contributed by atoms with Crippen LogP contribution in [0.25, 0.3) is 5.69 Å². The molecule has 0 spiro atoms. The van der Waals surface area contributed by atoms with E-state index in [0.29, 0.717) is 5.56 Å². The van der Waals surface area contributed by atoms with Crippen molar-refractivity contribution in [3.05, 3.63) is 45.7 Å². The van der Waals surface area contributed by atoms with Crippen LogP contribution in [-0.2, 0) is 5.67 Å². The molecule has 0 aliphatic carbocycles. The van der Waals surface area contributed by atoms with Gasteiger partial charge in [0.1, 0.15) is 5.69 Å². The molecule has 0 saturated carbocycles. The van der Waals surface area contributed by atoms with E-state index < -0.39 is 33.6 Å². The van der Waals surface area contributed by atoms with Crippen LogP contribution in [0.5, 0.6) is 0 Å². The molecule has 0 N–H and O–H groups in total. The van der Waals surface area contributed by atoms with Gasteiger partial charge in [0.25, 0.3) is 0 Å². The minimum atomic E-state index is -6.25. The first-order valence-electron chi connectivity index (χ1n) is 6.12. The van der Waals surface area contributed by atoms with Gasteiger partial charge in [0.15, 0.2) is 0 Å². The maximum atomic E-state index is 14.0. The molecular formula is C13H7Cl2F7N2. The Bertz CT molecular complexity index is 727. The normalized spacial score (nSPS) is 13.4. The van der Waals surface area contributed by atoms with E-state index in [4.69, 9.17) is 23.2 Å². The van der Waals surface area contributed by atoms with Crippen molar-refractivity contribution in [2.24, 2.45) is 0 Å². The van der Waals surface area contributed by atoms with Gasteiger partial charge in [-0.3, -0.25) is 0 Å². The quantitative estimate of drug-likeness (QED) is 0.590. The average Bonchev–Trinajstić information content (AvgIpc) is 2.80. The standard InChI is InChI=1S/C13H7Cl2F7N2/c1-6-4-23-24(5-6)10-8(14)2-7(3-9(10)15)11(16,12(17,18)19)13(20,21)22/h2-5H,1H3. The number of rotatable bonds is 2. The van der Waals surface area contributed by atoms with Gasteiger partial charge < -0.3 is 0 Å². The van der Waals surface area contributed by atoms with Crippen LogP contribution in [0.4, 0.5) is 30.7 Å². The Labute approximate surface area is 140 Å². The third-order valence-corrected chi connectivity index (χ3v) is 3.71. The van der Waals surface area contributed by atoms with Gasteiger partial charge in [0.2, 0.25) is 0 Å². The summed E-state index contributed by atoms with van der Waals surface area (Å²) < 4.78 is 91.8. The maximum Gasteiger partial charge on any atom is 0.435 e. The number of hydrogen-bond donors (Lipinski definition) is 0. The second-order valence-corrected chi connectivity index (χ2v) is 5.72. The van der Waals surface area contributed by atoms with Crippen molar-refractivity contribution in [2.75, 3.05) is 0 Å². The molecule has 0 atom stereocenters. The Morgan fingerprint density at radius 3 is 1.71 bits per heavy atom. The van der Waals surface area contributed by atoms with Crippen LogP contribution in [0.2, 0.25) is 10.0 Å². The van der Waals surface area contributed by atoms with Gasteiger partial charge >= 0.3 is 18.0 Å². The summed E-state index contributed by atoms with van der Waals surface area (Å²) in [6, 6.07) is 0.474. The molecule has 2 nitrogen and oxygen atoms in total. The van der Waals surface area contributed by atoms with Crippen LogP contribution in [0, 0.1) is 6.92 Å². The van der Waals surface area contributed by atoms with Crippen LogP contribution in [0.3, 0.4) is 0 Å². The third-order valence-electron chi connectivity index (χ3n) is 3.14. The fourth-order valence-corrected chi connectivity index (χ4v) is 2.67. The van der Waals surface area contributed by atoms with E-state index in [-0.39, 0.29) is 17.8 Å². The predicted octanol–water partition coefficient (Wildman–Crippen LogP) is 5.78. The molecule has 0 radical (unpaired) electrons. The van der Waals surface area contributed by atoms with E-state index in [1.54, 1.807) is 6.92 Å². The lowest BCUT2D eigenvalue weighted by molar-refractivity contribution is -0.348. The molecule has 132 valence electrons. The molecule has 0 bridgehead atoms. The number of aryl methyl sites for hydroxylation is 1. The molecule has 1 heterocycles. The zero-order chi connectivity index (χ0) is 18.5.